The Morgan fingerprint density at radius 3 is 2.73 bits per heavy atom. The van der Waals surface area contributed by atoms with Gasteiger partial charge in [-0.3, -0.25) is 4.79 Å². The molecule has 0 aliphatic carbocycles. The summed E-state index contributed by atoms with van der Waals surface area (Å²) in [6, 6.07) is 7.68. The van der Waals surface area contributed by atoms with Crippen LogP contribution < -0.4 is 0 Å². The quantitative estimate of drug-likeness (QED) is 0.748. The molecule has 6 nitrogen and oxygen atoms in total. The number of carbonyl (C=O) groups is 2. The molecule has 1 aromatic heterocycles. The highest BCUT2D eigenvalue weighted by atomic mass is 32.2. The van der Waals surface area contributed by atoms with Crippen molar-refractivity contribution in [2.24, 2.45) is 0 Å². The molecule has 0 bridgehead atoms. The molecule has 2 heterocycles. The van der Waals surface area contributed by atoms with Crippen LogP contribution >= 0.6 is 23.1 Å². The molecular formula is C18H21N3O3S2. The van der Waals surface area contributed by atoms with Gasteiger partial charge in [0.05, 0.1) is 23.9 Å². The third-order valence-electron chi connectivity index (χ3n) is 4.19. The van der Waals surface area contributed by atoms with Crippen LogP contribution in [0.5, 0.6) is 0 Å². The van der Waals surface area contributed by atoms with Gasteiger partial charge in [-0.1, -0.05) is 12.1 Å². The lowest BCUT2D eigenvalue weighted by Gasteiger charge is -2.22. The summed E-state index contributed by atoms with van der Waals surface area (Å²) in [6.07, 6.45) is 0.410. The van der Waals surface area contributed by atoms with E-state index in [4.69, 9.17) is 4.74 Å². The highest BCUT2D eigenvalue weighted by Gasteiger charge is 2.24. The second-order valence-corrected chi connectivity index (χ2v) is 7.60. The first-order valence-electron chi connectivity index (χ1n) is 8.40. The van der Waals surface area contributed by atoms with Gasteiger partial charge in [-0.25, -0.2) is 9.78 Å². The van der Waals surface area contributed by atoms with Crippen LogP contribution in [0.1, 0.15) is 22.5 Å². The van der Waals surface area contributed by atoms with Crippen molar-refractivity contribution in [1.29, 1.82) is 0 Å². The highest BCUT2D eigenvalue weighted by molar-refractivity contribution is 7.98. The Bertz CT molecular complexity index is 752. The zero-order valence-electron chi connectivity index (χ0n) is 14.6. The van der Waals surface area contributed by atoms with Crippen LogP contribution in [0.25, 0.3) is 0 Å². The molecule has 1 aromatic carbocycles. The zero-order valence-corrected chi connectivity index (χ0v) is 16.2. The predicted molar refractivity (Wildman–Crippen MR) is 103 cm³/mol. The number of thiazole rings is 1. The monoisotopic (exact) mass is 391 g/mol. The number of rotatable bonds is 4. The second kappa shape index (κ2) is 9.05. The molecule has 138 valence electrons. The minimum Gasteiger partial charge on any atom is -0.453 e. The van der Waals surface area contributed by atoms with Crippen LogP contribution in [0.4, 0.5) is 4.79 Å². The van der Waals surface area contributed by atoms with Crippen molar-refractivity contribution in [3.05, 3.63) is 46.4 Å². The SMILES string of the molecule is COC(=O)N1CCCN(C(=O)c2ccccc2SCc2cscn2)CC1. The van der Waals surface area contributed by atoms with Gasteiger partial charge in [-0.05, 0) is 18.6 Å². The van der Waals surface area contributed by atoms with E-state index in [1.54, 1.807) is 28.0 Å². The standard InChI is InChI=1S/C18H21N3O3S2/c1-24-18(23)21-8-4-7-20(9-10-21)17(22)15-5-2-3-6-16(15)26-12-14-11-25-13-19-14/h2-3,5-6,11,13H,4,7-10,12H2,1H3. The molecule has 8 heteroatoms. The highest BCUT2D eigenvalue weighted by Crippen LogP contribution is 2.27. The van der Waals surface area contributed by atoms with Crippen molar-refractivity contribution >= 4 is 35.1 Å². The van der Waals surface area contributed by atoms with E-state index in [1.165, 1.54) is 7.11 Å². The maximum Gasteiger partial charge on any atom is 0.409 e. The van der Waals surface area contributed by atoms with Crippen molar-refractivity contribution in [2.45, 2.75) is 17.1 Å². The fourth-order valence-corrected chi connectivity index (χ4v) is 4.44. The van der Waals surface area contributed by atoms with Gasteiger partial charge < -0.3 is 14.5 Å². The molecule has 1 aliphatic rings. The van der Waals surface area contributed by atoms with E-state index in [0.29, 0.717) is 31.7 Å². The molecular weight excluding hydrogens is 370 g/mol. The first kappa shape index (κ1) is 18.7. The molecule has 1 fully saturated rings. The fraction of sp³-hybridized carbons (Fsp3) is 0.389. The van der Waals surface area contributed by atoms with E-state index in [1.807, 2.05) is 40.1 Å². The summed E-state index contributed by atoms with van der Waals surface area (Å²) in [5.41, 5.74) is 3.54. The van der Waals surface area contributed by atoms with E-state index in [9.17, 15) is 9.59 Å². The minimum absolute atomic E-state index is 0.0121. The molecule has 0 unspecified atom stereocenters. The Hall–Kier alpha value is -2.06. The molecule has 0 N–H and O–H groups in total. The van der Waals surface area contributed by atoms with Crippen molar-refractivity contribution in [1.82, 2.24) is 14.8 Å². The Balaban J connectivity index is 1.68. The predicted octanol–water partition coefficient (Wildman–Crippen LogP) is 3.35. The van der Waals surface area contributed by atoms with Crippen LogP contribution in [0, 0.1) is 0 Å². The summed E-state index contributed by atoms with van der Waals surface area (Å²) in [5, 5.41) is 2.02. The second-order valence-electron chi connectivity index (χ2n) is 5.87. The van der Waals surface area contributed by atoms with Crippen LogP contribution in [0.2, 0.25) is 0 Å². The van der Waals surface area contributed by atoms with Gasteiger partial charge in [0.2, 0.25) is 0 Å². The lowest BCUT2D eigenvalue weighted by molar-refractivity contribution is 0.0754. The lowest BCUT2D eigenvalue weighted by atomic mass is 10.2. The third kappa shape index (κ3) is 4.56. The molecule has 1 saturated heterocycles. The van der Waals surface area contributed by atoms with Crippen LogP contribution in [-0.2, 0) is 10.5 Å². The molecule has 2 amide bonds. The number of benzene rings is 1. The average Bonchev–Trinajstić information content (AvgIpc) is 3.08. The van der Waals surface area contributed by atoms with Gasteiger partial charge >= 0.3 is 6.09 Å². The fourth-order valence-electron chi connectivity index (χ4n) is 2.83. The van der Waals surface area contributed by atoms with Gasteiger partial charge in [-0.15, -0.1) is 23.1 Å². The number of nitrogens with zero attached hydrogens (tertiary/aromatic N) is 3. The average molecular weight is 392 g/mol. The maximum absolute atomic E-state index is 13.0. The molecule has 0 atom stereocenters. The molecule has 26 heavy (non-hydrogen) atoms. The molecule has 2 aromatic rings. The van der Waals surface area contributed by atoms with Crippen molar-refractivity contribution in [2.75, 3.05) is 33.3 Å². The first-order valence-corrected chi connectivity index (χ1v) is 10.3. The van der Waals surface area contributed by atoms with E-state index >= 15 is 0 Å². The van der Waals surface area contributed by atoms with Crippen LogP contribution in [0.15, 0.2) is 40.1 Å². The summed E-state index contributed by atoms with van der Waals surface area (Å²) in [4.78, 5) is 33.5. The number of hydrogen-bond donors (Lipinski definition) is 0. The van der Waals surface area contributed by atoms with Gasteiger partial charge in [-0.2, -0.15) is 0 Å². The number of carbonyl (C=O) groups excluding carboxylic acids is 2. The van der Waals surface area contributed by atoms with E-state index in [0.717, 1.165) is 22.8 Å². The summed E-state index contributed by atoms with van der Waals surface area (Å²) in [5.74, 6) is 0.752. The molecule has 0 saturated carbocycles. The van der Waals surface area contributed by atoms with Gasteiger partial charge in [0, 0.05) is 42.2 Å². The summed E-state index contributed by atoms with van der Waals surface area (Å²) >= 11 is 3.20. The number of ether oxygens (including phenoxy) is 1. The van der Waals surface area contributed by atoms with E-state index in [-0.39, 0.29) is 12.0 Å². The molecule has 1 aliphatic heterocycles. The Morgan fingerprint density at radius 1 is 1.19 bits per heavy atom. The minimum atomic E-state index is -0.335. The number of amides is 2. The van der Waals surface area contributed by atoms with E-state index in [2.05, 4.69) is 4.98 Å². The topological polar surface area (TPSA) is 62.7 Å². The number of aromatic nitrogens is 1. The third-order valence-corrected chi connectivity index (χ3v) is 5.93. The largest absolute Gasteiger partial charge is 0.453 e. The Kier molecular flexibility index (Phi) is 6.51. The summed E-state index contributed by atoms with van der Waals surface area (Å²) < 4.78 is 4.79. The van der Waals surface area contributed by atoms with Crippen LogP contribution in [0.3, 0.4) is 0 Å². The van der Waals surface area contributed by atoms with Crippen molar-refractivity contribution in [3.63, 3.8) is 0 Å². The zero-order chi connectivity index (χ0) is 18.4. The van der Waals surface area contributed by atoms with Gasteiger partial charge in [0.15, 0.2) is 0 Å². The number of hydrogen-bond acceptors (Lipinski definition) is 6. The number of thioether (sulfide) groups is 1. The maximum atomic E-state index is 13.0. The van der Waals surface area contributed by atoms with Crippen molar-refractivity contribution < 1.29 is 14.3 Å². The summed E-state index contributed by atoms with van der Waals surface area (Å²) in [7, 11) is 1.38. The van der Waals surface area contributed by atoms with Gasteiger partial charge in [0.1, 0.15) is 0 Å². The Labute approximate surface area is 161 Å². The molecule has 3 rings (SSSR count). The number of methoxy groups -OCH3 is 1. The normalized spacial score (nSPS) is 14.8. The first-order chi connectivity index (χ1) is 12.7. The van der Waals surface area contributed by atoms with Crippen LogP contribution in [-0.4, -0.2) is 60.1 Å². The molecule has 0 spiro atoms. The van der Waals surface area contributed by atoms with Crippen molar-refractivity contribution in [3.8, 4) is 0 Å². The summed E-state index contributed by atoms with van der Waals surface area (Å²) in [6.45, 7) is 2.25. The lowest BCUT2D eigenvalue weighted by Crippen LogP contribution is -2.37. The Morgan fingerprint density at radius 2 is 1.96 bits per heavy atom. The smallest absolute Gasteiger partial charge is 0.409 e. The van der Waals surface area contributed by atoms with E-state index < -0.39 is 0 Å². The molecule has 0 radical (unpaired) electrons. The van der Waals surface area contributed by atoms with Gasteiger partial charge in [0.25, 0.3) is 5.91 Å².